The maximum atomic E-state index is 14.5. The molecule has 0 radical (unpaired) electrons. The number of amides is 1. The molecule has 0 aromatic heterocycles. The number of sulfonamides is 1. The van der Waals surface area contributed by atoms with Crippen molar-refractivity contribution in [3.63, 3.8) is 0 Å². The third-order valence-electron chi connectivity index (χ3n) is 10.7. The zero-order valence-electron chi connectivity index (χ0n) is 30.6. The average Bonchev–Trinajstić information content (AvgIpc) is 3.91. The van der Waals surface area contributed by atoms with Gasteiger partial charge in [0.1, 0.15) is 18.1 Å². The molecule has 3 unspecified atom stereocenters. The Labute approximate surface area is 313 Å². The fourth-order valence-electron chi connectivity index (χ4n) is 8.47. The monoisotopic (exact) mass is 767 g/mol. The molecular weight excluding hydrogens is 722 g/mol. The lowest BCUT2D eigenvalue weighted by Gasteiger charge is -2.47. The van der Waals surface area contributed by atoms with Crippen LogP contribution in [0.3, 0.4) is 0 Å². The summed E-state index contributed by atoms with van der Waals surface area (Å²) in [5.74, 6) is 0.653. The van der Waals surface area contributed by atoms with Crippen LogP contribution in [-0.2, 0) is 37.3 Å². The number of ether oxygens (including phenoxy) is 6. The van der Waals surface area contributed by atoms with Crippen LogP contribution in [0.2, 0.25) is 0 Å². The van der Waals surface area contributed by atoms with Crippen LogP contribution in [0.5, 0.6) is 17.2 Å². The Balaban J connectivity index is 1.25. The number of carboxylic acid groups (broad SMARTS) is 1. The van der Waals surface area contributed by atoms with Crippen molar-refractivity contribution in [2.75, 3.05) is 33.1 Å². The maximum absolute atomic E-state index is 14.5. The highest BCUT2D eigenvalue weighted by Gasteiger charge is 2.67. The highest BCUT2D eigenvalue weighted by atomic mass is 32.2. The van der Waals surface area contributed by atoms with Gasteiger partial charge in [0, 0.05) is 43.1 Å². The van der Waals surface area contributed by atoms with Crippen LogP contribution in [0.15, 0.2) is 71.6 Å². The second-order valence-electron chi connectivity index (χ2n) is 15.1. The van der Waals surface area contributed by atoms with Crippen LogP contribution in [-0.4, -0.2) is 90.5 Å². The summed E-state index contributed by atoms with van der Waals surface area (Å²) in [4.78, 5) is 25.7. The molecule has 4 aliphatic heterocycles. The molecule has 290 valence electrons. The maximum Gasteiger partial charge on any atom is 0.410 e. The van der Waals surface area contributed by atoms with Crippen LogP contribution >= 0.6 is 0 Å². The van der Waals surface area contributed by atoms with Gasteiger partial charge in [0.2, 0.25) is 16.8 Å². The number of benzene rings is 3. The smallest absolute Gasteiger partial charge is 0.410 e. The van der Waals surface area contributed by atoms with E-state index in [-0.39, 0.29) is 61.9 Å². The van der Waals surface area contributed by atoms with E-state index in [0.29, 0.717) is 35.8 Å². The molecule has 3 aromatic carbocycles. The number of nitro groups is 1. The van der Waals surface area contributed by atoms with Crippen molar-refractivity contribution in [2.24, 2.45) is 17.8 Å². The second kappa shape index (κ2) is 14.6. The van der Waals surface area contributed by atoms with Crippen molar-refractivity contribution in [3.05, 3.63) is 88.0 Å². The van der Waals surface area contributed by atoms with Crippen LogP contribution in [0.4, 0.5) is 10.5 Å². The number of fused-ring (bicyclic) bond motifs is 2. The van der Waals surface area contributed by atoms with Gasteiger partial charge in [-0.25, -0.2) is 13.2 Å². The summed E-state index contributed by atoms with van der Waals surface area (Å²) in [6, 6.07) is 18.0. The van der Waals surface area contributed by atoms with E-state index >= 15 is 0 Å². The lowest BCUT2D eigenvalue weighted by atomic mass is 9.69. The van der Waals surface area contributed by atoms with Crippen molar-refractivity contribution < 1.29 is 51.7 Å². The number of carbonyl (C=O) groups is 1. The molecule has 4 heterocycles. The minimum Gasteiger partial charge on any atom is -0.489 e. The zero-order valence-corrected chi connectivity index (χ0v) is 31.4. The van der Waals surface area contributed by atoms with Crippen molar-refractivity contribution in [2.45, 2.75) is 75.7 Å². The highest BCUT2D eigenvalue weighted by Crippen LogP contribution is 2.53. The minimum atomic E-state index is -4.14. The first-order valence-corrected chi connectivity index (χ1v) is 19.4. The van der Waals surface area contributed by atoms with Gasteiger partial charge in [-0.1, -0.05) is 38.1 Å². The predicted octanol–water partition coefficient (Wildman–Crippen LogP) is 5.65. The average molecular weight is 768 g/mol. The Hall–Kier alpha value is -4.48. The number of non-ortho nitro benzene ring substituents is 1. The number of rotatable bonds is 13. The summed E-state index contributed by atoms with van der Waals surface area (Å²) >= 11 is 0. The number of nitro benzene ring substituents is 1. The van der Waals surface area contributed by atoms with E-state index < -0.39 is 50.6 Å². The van der Waals surface area contributed by atoms with Gasteiger partial charge in [0.25, 0.3) is 5.69 Å². The first kappa shape index (κ1) is 37.8. The van der Waals surface area contributed by atoms with Crippen LogP contribution in [0, 0.1) is 27.9 Å². The normalized spacial score (nSPS) is 25.7. The molecule has 0 bridgehead atoms. The van der Waals surface area contributed by atoms with Gasteiger partial charge in [0.15, 0.2) is 17.8 Å². The van der Waals surface area contributed by atoms with E-state index in [1.807, 2.05) is 26.0 Å². The summed E-state index contributed by atoms with van der Waals surface area (Å²) < 4.78 is 66.1. The van der Waals surface area contributed by atoms with Crippen LogP contribution < -0.4 is 14.2 Å². The van der Waals surface area contributed by atoms with Crippen LogP contribution in [0.1, 0.15) is 45.2 Å². The van der Waals surface area contributed by atoms with Crippen molar-refractivity contribution in [3.8, 4) is 17.2 Å². The molecule has 1 amide bonds. The van der Waals surface area contributed by atoms with Crippen molar-refractivity contribution >= 4 is 21.8 Å². The zero-order chi connectivity index (χ0) is 38.4. The van der Waals surface area contributed by atoms with Gasteiger partial charge in [-0.05, 0) is 68.0 Å². The van der Waals surface area contributed by atoms with E-state index in [4.69, 9.17) is 28.4 Å². The molecule has 1 N–H and O–H groups in total. The van der Waals surface area contributed by atoms with Crippen molar-refractivity contribution in [1.82, 2.24) is 9.21 Å². The SMILES string of the molecule is CC(C)CN(C[C@H]1OC(C)(C)N(C(=O)O)[C@@]1(Cc1ccc(OCc2cccc([N+](=O)[O-])c2)cc1)C1COC2OCCC21)S(=O)(=O)c1ccc2c(c1)OCO2. The molecule has 4 aliphatic rings. The van der Waals surface area contributed by atoms with E-state index in [1.165, 1.54) is 33.5 Å². The summed E-state index contributed by atoms with van der Waals surface area (Å²) in [5, 5.41) is 22.3. The number of hydrogen-bond acceptors (Lipinski definition) is 11. The van der Waals surface area contributed by atoms with Gasteiger partial charge in [-0.3, -0.25) is 15.0 Å². The summed E-state index contributed by atoms with van der Waals surface area (Å²) in [6.07, 6.45) is -1.82. The van der Waals surface area contributed by atoms with Gasteiger partial charge in [-0.15, -0.1) is 0 Å². The van der Waals surface area contributed by atoms with E-state index in [0.717, 1.165) is 5.56 Å². The molecule has 0 spiro atoms. The fourth-order valence-corrected chi connectivity index (χ4v) is 10.1. The molecular formula is C38H45N3O12S. The van der Waals surface area contributed by atoms with Crippen molar-refractivity contribution in [1.29, 1.82) is 0 Å². The molecule has 3 fully saturated rings. The van der Waals surface area contributed by atoms with Gasteiger partial charge in [-0.2, -0.15) is 4.31 Å². The molecule has 7 rings (SSSR count). The fraction of sp³-hybridized carbons (Fsp3) is 0.500. The second-order valence-corrected chi connectivity index (χ2v) is 17.0. The Morgan fingerprint density at radius 2 is 1.81 bits per heavy atom. The standard InChI is InChI=1S/C38H45N3O12S/c1-24(2)19-39(54(46,47)29-12-13-32-33(17-29)52-23-51-32)20-34-38(40(36(42)43)37(3,4)53-34,31-22-50-35-30(31)14-15-48-35)18-25-8-10-28(11-9-25)49-21-26-6-5-7-27(16-26)41(44)45/h5-13,16-17,24,30-31,34-35H,14-15,18-23H2,1-4H3,(H,42,43)/t30?,31?,34-,35?,38+/m1/s1. The first-order valence-electron chi connectivity index (χ1n) is 18.0. The molecule has 5 atom stereocenters. The topological polar surface area (TPSA) is 176 Å². The quantitative estimate of drug-likeness (QED) is 0.167. The molecule has 0 saturated carbocycles. The van der Waals surface area contributed by atoms with E-state index in [9.17, 15) is 28.4 Å². The first-order chi connectivity index (χ1) is 25.7. The molecule has 3 saturated heterocycles. The summed E-state index contributed by atoms with van der Waals surface area (Å²) in [5.41, 5.74) is -1.27. The lowest BCUT2D eigenvalue weighted by Crippen LogP contribution is -2.65. The molecule has 15 nitrogen and oxygen atoms in total. The van der Waals surface area contributed by atoms with Gasteiger partial charge >= 0.3 is 6.09 Å². The van der Waals surface area contributed by atoms with E-state index in [2.05, 4.69) is 0 Å². The molecule has 54 heavy (non-hydrogen) atoms. The predicted molar refractivity (Wildman–Crippen MR) is 193 cm³/mol. The van der Waals surface area contributed by atoms with E-state index in [1.54, 1.807) is 44.2 Å². The number of nitrogens with zero attached hydrogens (tertiary/aromatic N) is 3. The summed E-state index contributed by atoms with van der Waals surface area (Å²) in [7, 11) is -4.14. The Bertz CT molecular complexity index is 1990. The van der Waals surface area contributed by atoms with Gasteiger partial charge < -0.3 is 33.5 Å². The Morgan fingerprint density at radius 3 is 2.54 bits per heavy atom. The highest BCUT2D eigenvalue weighted by molar-refractivity contribution is 7.89. The third kappa shape index (κ3) is 7.08. The Kier molecular flexibility index (Phi) is 10.3. The molecule has 16 heteroatoms. The lowest BCUT2D eigenvalue weighted by molar-refractivity contribution is -0.384. The van der Waals surface area contributed by atoms with Gasteiger partial charge in [0.05, 0.1) is 34.7 Å². The minimum absolute atomic E-state index is 0.00661. The third-order valence-corrected chi connectivity index (χ3v) is 12.5. The summed E-state index contributed by atoms with van der Waals surface area (Å²) in [6.45, 7) is 7.99. The number of hydrogen-bond donors (Lipinski definition) is 1. The van der Waals surface area contributed by atoms with Crippen LogP contribution in [0.25, 0.3) is 0 Å². The Morgan fingerprint density at radius 1 is 1.06 bits per heavy atom. The molecule has 3 aromatic rings. The molecule has 0 aliphatic carbocycles. The largest absolute Gasteiger partial charge is 0.489 e.